The molecule has 0 aliphatic rings. The van der Waals surface area contributed by atoms with Gasteiger partial charge in [0.1, 0.15) is 19.0 Å². The molecule has 0 fully saturated rings. The molecule has 0 N–H and O–H groups in total. The minimum absolute atomic E-state index is 0.442. The van der Waals surface area contributed by atoms with E-state index in [0.29, 0.717) is 13.2 Å². The normalized spacial score (nSPS) is 10.5. The van der Waals surface area contributed by atoms with Crippen molar-refractivity contribution in [2.24, 2.45) is 7.05 Å². The Morgan fingerprint density at radius 2 is 1.79 bits per heavy atom. The van der Waals surface area contributed by atoms with Crippen LogP contribution in [0.2, 0.25) is 0 Å². The molecule has 1 heterocycles. The molecule has 1 aromatic heterocycles. The summed E-state index contributed by atoms with van der Waals surface area (Å²) in [5, 5.41) is 0. The van der Waals surface area contributed by atoms with Crippen LogP contribution in [0.3, 0.4) is 0 Å². The summed E-state index contributed by atoms with van der Waals surface area (Å²) >= 11 is 0. The van der Waals surface area contributed by atoms with Gasteiger partial charge < -0.3 is 23.7 Å². The number of hydrogen-bond donors (Lipinski definition) is 0. The molecule has 3 rings (SSSR count). The molecule has 0 bridgehead atoms. The van der Waals surface area contributed by atoms with Crippen molar-refractivity contribution in [3.63, 3.8) is 0 Å². The highest BCUT2D eigenvalue weighted by atomic mass is 16.5. The molecular weight excluding hydrogens is 354 g/mol. The molecule has 6 nitrogen and oxygen atoms in total. The van der Waals surface area contributed by atoms with E-state index in [1.165, 1.54) is 5.69 Å². The van der Waals surface area contributed by atoms with Gasteiger partial charge in [0, 0.05) is 31.5 Å². The number of aryl methyl sites for hydroxylation is 1. The van der Waals surface area contributed by atoms with Crippen LogP contribution in [-0.4, -0.2) is 36.4 Å². The predicted molar refractivity (Wildman–Crippen MR) is 110 cm³/mol. The van der Waals surface area contributed by atoms with E-state index in [0.717, 1.165) is 36.0 Å². The molecule has 148 valence electrons. The molecule has 28 heavy (non-hydrogen) atoms. The number of imidazole rings is 1. The smallest absolute Gasteiger partial charge is 0.161 e. The minimum Gasteiger partial charge on any atom is -0.493 e. The first-order chi connectivity index (χ1) is 13.7. The van der Waals surface area contributed by atoms with Gasteiger partial charge >= 0.3 is 0 Å². The predicted octanol–water partition coefficient (Wildman–Crippen LogP) is 3.91. The Morgan fingerprint density at radius 3 is 2.50 bits per heavy atom. The quantitative estimate of drug-likeness (QED) is 0.498. The van der Waals surface area contributed by atoms with Crippen LogP contribution in [0.5, 0.6) is 17.2 Å². The van der Waals surface area contributed by atoms with Gasteiger partial charge in [-0.05, 0) is 31.2 Å². The molecule has 0 aliphatic carbocycles. The van der Waals surface area contributed by atoms with E-state index < -0.39 is 0 Å². The molecular formula is C22H27N3O3. The van der Waals surface area contributed by atoms with Crippen molar-refractivity contribution in [2.75, 3.05) is 31.8 Å². The van der Waals surface area contributed by atoms with E-state index in [4.69, 9.17) is 14.2 Å². The van der Waals surface area contributed by atoms with Crippen LogP contribution < -0.4 is 19.1 Å². The Hall–Kier alpha value is -3.15. The van der Waals surface area contributed by atoms with Crippen molar-refractivity contribution in [1.82, 2.24) is 9.55 Å². The summed E-state index contributed by atoms with van der Waals surface area (Å²) in [7, 11) is 3.65. The lowest BCUT2D eigenvalue weighted by Crippen LogP contribution is -2.23. The maximum absolute atomic E-state index is 5.89. The SMILES string of the molecule is CCN(Cc1cncn1C)c1cccc(OCCOc2ccccc2OC)c1. The van der Waals surface area contributed by atoms with Gasteiger partial charge in [-0.2, -0.15) is 0 Å². The number of para-hydroxylation sites is 2. The first kappa shape index (κ1) is 19.6. The van der Waals surface area contributed by atoms with Gasteiger partial charge in [0.25, 0.3) is 0 Å². The standard InChI is InChI=1S/C22H27N3O3/c1-4-25(16-19-15-23-17-24(19)2)18-8-7-9-20(14-18)27-12-13-28-22-11-6-5-10-21(22)26-3/h5-11,14-15,17H,4,12-13,16H2,1-3H3. The summed E-state index contributed by atoms with van der Waals surface area (Å²) < 4.78 is 19.0. The lowest BCUT2D eigenvalue weighted by Gasteiger charge is -2.23. The summed E-state index contributed by atoms with van der Waals surface area (Å²) in [5.74, 6) is 2.26. The fourth-order valence-electron chi connectivity index (χ4n) is 2.94. The molecule has 0 saturated heterocycles. The monoisotopic (exact) mass is 381 g/mol. The highest BCUT2D eigenvalue weighted by Gasteiger charge is 2.09. The summed E-state index contributed by atoms with van der Waals surface area (Å²) in [6, 6.07) is 15.7. The molecule has 0 radical (unpaired) electrons. The zero-order valence-corrected chi connectivity index (χ0v) is 16.7. The van der Waals surface area contributed by atoms with Crippen LogP contribution in [0.4, 0.5) is 5.69 Å². The second-order valence-electron chi connectivity index (χ2n) is 6.36. The van der Waals surface area contributed by atoms with Crippen molar-refractivity contribution in [1.29, 1.82) is 0 Å². The Labute approximate surface area is 166 Å². The number of methoxy groups -OCH3 is 1. The first-order valence-electron chi connectivity index (χ1n) is 9.40. The van der Waals surface area contributed by atoms with Gasteiger partial charge in [-0.3, -0.25) is 0 Å². The third-order valence-electron chi connectivity index (χ3n) is 4.51. The minimum atomic E-state index is 0.442. The van der Waals surface area contributed by atoms with Crippen molar-refractivity contribution in [2.45, 2.75) is 13.5 Å². The topological polar surface area (TPSA) is 48.8 Å². The number of rotatable bonds is 10. The van der Waals surface area contributed by atoms with Gasteiger partial charge in [0.05, 0.1) is 25.7 Å². The highest BCUT2D eigenvalue weighted by Crippen LogP contribution is 2.26. The molecule has 0 aliphatic heterocycles. The van der Waals surface area contributed by atoms with E-state index >= 15 is 0 Å². The van der Waals surface area contributed by atoms with Crippen LogP contribution >= 0.6 is 0 Å². The molecule has 2 aromatic carbocycles. The molecule has 0 amide bonds. The van der Waals surface area contributed by atoms with Crippen molar-refractivity contribution in [3.05, 3.63) is 66.7 Å². The van der Waals surface area contributed by atoms with Crippen LogP contribution in [0, 0.1) is 0 Å². The number of anilines is 1. The molecule has 0 spiro atoms. The van der Waals surface area contributed by atoms with Crippen LogP contribution in [-0.2, 0) is 13.6 Å². The van der Waals surface area contributed by atoms with Crippen LogP contribution in [0.1, 0.15) is 12.6 Å². The molecule has 0 saturated carbocycles. The van der Waals surface area contributed by atoms with Gasteiger partial charge in [-0.1, -0.05) is 18.2 Å². The third-order valence-corrected chi connectivity index (χ3v) is 4.51. The number of benzene rings is 2. The Balaban J connectivity index is 1.56. The fourth-order valence-corrected chi connectivity index (χ4v) is 2.94. The van der Waals surface area contributed by atoms with E-state index in [1.807, 2.05) is 60.5 Å². The summed E-state index contributed by atoms with van der Waals surface area (Å²) in [6.07, 6.45) is 3.72. The third kappa shape index (κ3) is 4.97. The molecule has 0 unspecified atom stereocenters. The van der Waals surface area contributed by atoms with E-state index in [-0.39, 0.29) is 0 Å². The van der Waals surface area contributed by atoms with Crippen molar-refractivity contribution >= 4 is 5.69 Å². The van der Waals surface area contributed by atoms with Crippen LogP contribution in [0.15, 0.2) is 61.1 Å². The van der Waals surface area contributed by atoms with Gasteiger partial charge in [-0.15, -0.1) is 0 Å². The fraction of sp³-hybridized carbons (Fsp3) is 0.318. The van der Waals surface area contributed by atoms with Gasteiger partial charge in [-0.25, -0.2) is 4.98 Å². The molecule has 0 atom stereocenters. The van der Waals surface area contributed by atoms with E-state index in [1.54, 1.807) is 7.11 Å². The van der Waals surface area contributed by atoms with Crippen molar-refractivity contribution < 1.29 is 14.2 Å². The van der Waals surface area contributed by atoms with E-state index in [2.05, 4.69) is 28.9 Å². The number of aromatic nitrogens is 2. The zero-order chi connectivity index (χ0) is 19.8. The summed E-state index contributed by atoms with van der Waals surface area (Å²) in [4.78, 5) is 6.48. The number of nitrogens with zero attached hydrogens (tertiary/aromatic N) is 3. The lowest BCUT2D eigenvalue weighted by molar-refractivity contribution is 0.211. The average molecular weight is 381 g/mol. The van der Waals surface area contributed by atoms with Crippen LogP contribution in [0.25, 0.3) is 0 Å². The summed E-state index contributed by atoms with van der Waals surface area (Å²) in [5.41, 5.74) is 2.28. The second kappa shape index (κ2) is 9.69. The van der Waals surface area contributed by atoms with Gasteiger partial charge in [0.15, 0.2) is 11.5 Å². The second-order valence-corrected chi connectivity index (χ2v) is 6.36. The molecule has 3 aromatic rings. The lowest BCUT2D eigenvalue weighted by atomic mass is 10.2. The van der Waals surface area contributed by atoms with E-state index in [9.17, 15) is 0 Å². The maximum atomic E-state index is 5.89. The number of hydrogen-bond acceptors (Lipinski definition) is 5. The van der Waals surface area contributed by atoms with Crippen molar-refractivity contribution in [3.8, 4) is 17.2 Å². The first-order valence-corrected chi connectivity index (χ1v) is 9.40. The summed E-state index contributed by atoms with van der Waals surface area (Å²) in [6.45, 7) is 4.73. The Morgan fingerprint density at radius 1 is 1.00 bits per heavy atom. The van der Waals surface area contributed by atoms with Gasteiger partial charge in [0.2, 0.25) is 0 Å². The Bertz CT molecular complexity index is 879. The highest BCUT2D eigenvalue weighted by molar-refractivity contribution is 5.50. The zero-order valence-electron chi connectivity index (χ0n) is 16.7. The maximum Gasteiger partial charge on any atom is 0.161 e. The molecule has 6 heteroatoms. The average Bonchev–Trinajstić information content (AvgIpc) is 3.14. The number of ether oxygens (including phenoxy) is 3. The largest absolute Gasteiger partial charge is 0.493 e. The Kier molecular flexibility index (Phi) is 6.78.